The number of rotatable bonds is 6. The molecule has 1 aromatic carbocycles. The van der Waals surface area contributed by atoms with Gasteiger partial charge < -0.3 is 9.80 Å². The van der Waals surface area contributed by atoms with Crippen molar-refractivity contribution in [2.45, 2.75) is 20.8 Å². The van der Waals surface area contributed by atoms with Crippen LogP contribution < -0.4 is 4.90 Å². The Bertz CT molecular complexity index is 1210. The highest BCUT2D eigenvalue weighted by Crippen LogP contribution is 2.28. The zero-order valence-corrected chi connectivity index (χ0v) is 18.8. The maximum Gasteiger partial charge on any atom is 0.276 e. The van der Waals surface area contributed by atoms with Crippen LogP contribution in [0.5, 0.6) is 0 Å². The Hall–Kier alpha value is -3.95. The Morgan fingerprint density at radius 2 is 1.84 bits per heavy atom. The number of hydrogen-bond acceptors (Lipinski definition) is 8. The van der Waals surface area contributed by atoms with Gasteiger partial charge in [-0.1, -0.05) is 0 Å². The molecular formula is C22H25N9O. The van der Waals surface area contributed by atoms with E-state index in [1.807, 2.05) is 19.1 Å². The summed E-state index contributed by atoms with van der Waals surface area (Å²) in [5.74, 6) is 0.524. The third-order valence-corrected chi connectivity index (χ3v) is 5.22. The van der Waals surface area contributed by atoms with E-state index in [4.69, 9.17) is 4.99 Å². The predicted molar refractivity (Wildman–Crippen MR) is 124 cm³/mol. The maximum absolute atomic E-state index is 12.9. The third kappa shape index (κ3) is 3.75. The molecule has 0 aliphatic carbocycles. The SMILES string of the molecule is CCN(CC)c1ccc(N=C2C(C(=O)N(C)C)=Nn3c2nnc3-c2cnccn2)c(C)c1. The van der Waals surface area contributed by atoms with Gasteiger partial charge in [-0.05, 0) is 44.5 Å². The first-order valence-electron chi connectivity index (χ1n) is 10.4. The van der Waals surface area contributed by atoms with Gasteiger partial charge in [-0.3, -0.25) is 9.78 Å². The van der Waals surface area contributed by atoms with E-state index in [-0.39, 0.29) is 11.6 Å². The van der Waals surface area contributed by atoms with Gasteiger partial charge in [0.15, 0.2) is 5.71 Å². The largest absolute Gasteiger partial charge is 0.372 e. The van der Waals surface area contributed by atoms with E-state index >= 15 is 0 Å². The van der Waals surface area contributed by atoms with Gasteiger partial charge >= 0.3 is 0 Å². The molecule has 3 aromatic rings. The molecule has 32 heavy (non-hydrogen) atoms. The summed E-state index contributed by atoms with van der Waals surface area (Å²) in [4.78, 5) is 29.8. The molecular weight excluding hydrogens is 406 g/mol. The van der Waals surface area contributed by atoms with E-state index in [1.54, 1.807) is 32.7 Å². The van der Waals surface area contributed by atoms with Crippen molar-refractivity contribution in [1.29, 1.82) is 0 Å². The number of aromatic nitrogens is 5. The highest BCUT2D eigenvalue weighted by atomic mass is 16.2. The standard InChI is InChI=1S/C22H25N9O/c1-6-30(7-2)15-8-9-16(14(3)12-15)25-18-19(22(32)29(4)5)28-31-20(26-27-21(18)31)17-13-23-10-11-24-17/h8-13H,6-7H2,1-5H3. The van der Waals surface area contributed by atoms with Crippen LogP contribution in [0.4, 0.5) is 11.4 Å². The fourth-order valence-electron chi connectivity index (χ4n) is 3.48. The number of aryl methyl sites for hydroxylation is 1. The maximum atomic E-state index is 12.9. The van der Waals surface area contributed by atoms with Crippen LogP contribution >= 0.6 is 0 Å². The van der Waals surface area contributed by atoms with Gasteiger partial charge in [0.2, 0.25) is 11.6 Å². The molecule has 10 heteroatoms. The van der Waals surface area contributed by atoms with Crippen LogP contribution in [0.15, 0.2) is 46.9 Å². The smallest absolute Gasteiger partial charge is 0.276 e. The van der Waals surface area contributed by atoms with Crippen LogP contribution in [0.2, 0.25) is 0 Å². The fourth-order valence-corrected chi connectivity index (χ4v) is 3.48. The van der Waals surface area contributed by atoms with E-state index in [0.29, 0.717) is 23.1 Å². The van der Waals surface area contributed by atoms with Crippen molar-refractivity contribution in [2.75, 3.05) is 32.1 Å². The summed E-state index contributed by atoms with van der Waals surface area (Å²) in [7, 11) is 3.35. The number of amides is 1. The molecule has 0 fully saturated rings. The number of carbonyl (C=O) groups is 1. The number of fused-ring (bicyclic) bond motifs is 1. The van der Waals surface area contributed by atoms with Gasteiger partial charge in [0, 0.05) is 45.3 Å². The molecule has 4 rings (SSSR count). The Labute approximate surface area is 186 Å². The molecule has 3 heterocycles. The molecule has 0 unspecified atom stereocenters. The van der Waals surface area contributed by atoms with Crippen molar-refractivity contribution in [1.82, 2.24) is 29.7 Å². The second-order valence-corrected chi connectivity index (χ2v) is 7.50. The summed E-state index contributed by atoms with van der Waals surface area (Å²) >= 11 is 0. The molecule has 0 spiro atoms. The first-order chi connectivity index (χ1) is 15.4. The molecule has 10 nitrogen and oxygen atoms in total. The first kappa shape index (κ1) is 21.3. The van der Waals surface area contributed by atoms with Crippen LogP contribution in [-0.4, -0.2) is 74.3 Å². The van der Waals surface area contributed by atoms with Crippen LogP contribution in [0.3, 0.4) is 0 Å². The number of carbonyl (C=O) groups excluding carboxylic acids is 1. The fraction of sp³-hybridized carbons (Fsp3) is 0.318. The van der Waals surface area contributed by atoms with Crippen LogP contribution in [0, 0.1) is 6.92 Å². The summed E-state index contributed by atoms with van der Waals surface area (Å²) in [6.45, 7) is 8.10. The van der Waals surface area contributed by atoms with Gasteiger partial charge in [-0.15, -0.1) is 10.2 Å². The molecule has 0 atom stereocenters. The summed E-state index contributed by atoms with van der Waals surface area (Å²) in [6.07, 6.45) is 4.72. The van der Waals surface area contributed by atoms with Crippen LogP contribution in [-0.2, 0) is 4.79 Å². The van der Waals surface area contributed by atoms with Crippen molar-refractivity contribution in [3.05, 3.63) is 48.2 Å². The molecule has 0 saturated heterocycles. The lowest BCUT2D eigenvalue weighted by atomic mass is 10.1. The van der Waals surface area contributed by atoms with Crippen LogP contribution in [0.1, 0.15) is 25.2 Å². The van der Waals surface area contributed by atoms with E-state index in [9.17, 15) is 4.79 Å². The highest BCUT2D eigenvalue weighted by Gasteiger charge is 2.34. The molecule has 0 saturated carbocycles. The van der Waals surface area contributed by atoms with E-state index in [0.717, 1.165) is 30.0 Å². The molecule has 0 N–H and O–H groups in total. The molecule has 2 aromatic heterocycles. The monoisotopic (exact) mass is 431 g/mol. The van der Waals surface area contributed by atoms with Gasteiger partial charge in [0.05, 0.1) is 11.9 Å². The van der Waals surface area contributed by atoms with E-state index in [1.165, 1.54) is 9.58 Å². The zero-order chi connectivity index (χ0) is 22.8. The molecule has 1 aliphatic rings. The topological polar surface area (TPSA) is 105 Å². The quantitative estimate of drug-likeness (QED) is 0.593. The molecule has 1 aliphatic heterocycles. The normalized spacial score (nSPS) is 13.8. The lowest BCUT2D eigenvalue weighted by molar-refractivity contribution is -0.121. The number of hydrogen-bond donors (Lipinski definition) is 0. The number of benzene rings is 1. The van der Waals surface area contributed by atoms with Crippen molar-refractivity contribution < 1.29 is 4.79 Å². The van der Waals surface area contributed by atoms with E-state index < -0.39 is 0 Å². The lowest BCUT2D eigenvalue weighted by Crippen LogP contribution is -2.34. The summed E-state index contributed by atoms with van der Waals surface area (Å²) < 4.78 is 1.50. The Morgan fingerprint density at radius 1 is 1.09 bits per heavy atom. The molecule has 1 amide bonds. The Kier molecular flexibility index (Phi) is 5.76. The minimum atomic E-state index is -0.267. The second kappa shape index (κ2) is 8.66. The third-order valence-electron chi connectivity index (χ3n) is 5.22. The van der Waals surface area contributed by atoms with E-state index in [2.05, 4.69) is 50.1 Å². The van der Waals surface area contributed by atoms with Crippen molar-refractivity contribution >= 4 is 28.7 Å². The number of anilines is 1. The summed E-state index contributed by atoms with van der Waals surface area (Å²) in [5, 5.41) is 13.0. The van der Waals surface area contributed by atoms with Crippen molar-refractivity contribution in [2.24, 2.45) is 10.1 Å². The average molecular weight is 432 g/mol. The zero-order valence-electron chi connectivity index (χ0n) is 18.8. The Morgan fingerprint density at radius 3 is 2.47 bits per heavy atom. The first-order valence-corrected chi connectivity index (χ1v) is 10.4. The van der Waals surface area contributed by atoms with Gasteiger partial charge in [0.25, 0.3) is 5.91 Å². The average Bonchev–Trinajstić information content (AvgIpc) is 3.36. The predicted octanol–water partition coefficient (Wildman–Crippen LogP) is 2.32. The van der Waals surface area contributed by atoms with Crippen LogP contribution in [0.25, 0.3) is 11.5 Å². The molecule has 0 radical (unpaired) electrons. The second-order valence-electron chi connectivity index (χ2n) is 7.50. The van der Waals surface area contributed by atoms with Crippen molar-refractivity contribution in [3.63, 3.8) is 0 Å². The molecule has 0 bridgehead atoms. The highest BCUT2D eigenvalue weighted by molar-refractivity contribution is 6.70. The number of nitrogens with zero attached hydrogens (tertiary/aromatic N) is 9. The minimum Gasteiger partial charge on any atom is -0.372 e. The van der Waals surface area contributed by atoms with Gasteiger partial charge in [-0.25, -0.2) is 9.98 Å². The summed E-state index contributed by atoms with van der Waals surface area (Å²) in [5.41, 5.74) is 3.96. The lowest BCUT2D eigenvalue weighted by Gasteiger charge is -2.21. The summed E-state index contributed by atoms with van der Waals surface area (Å²) in [6, 6.07) is 6.09. The van der Waals surface area contributed by atoms with Crippen molar-refractivity contribution in [3.8, 4) is 11.5 Å². The molecule has 164 valence electrons. The Balaban J connectivity index is 1.82. The van der Waals surface area contributed by atoms with Gasteiger partial charge in [0.1, 0.15) is 11.4 Å². The van der Waals surface area contributed by atoms with Gasteiger partial charge in [-0.2, -0.15) is 9.78 Å². The minimum absolute atomic E-state index is 0.206. The number of aliphatic imine (C=N–C) groups is 1.